The van der Waals surface area contributed by atoms with E-state index in [0.29, 0.717) is 44.6 Å². The Labute approximate surface area is 157 Å². The van der Waals surface area contributed by atoms with E-state index in [-0.39, 0.29) is 18.2 Å². The van der Waals surface area contributed by atoms with Gasteiger partial charge in [0, 0.05) is 45.5 Å². The first-order valence-electron chi connectivity index (χ1n) is 8.84. The summed E-state index contributed by atoms with van der Waals surface area (Å²) in [4.78, 5) is 5.95. The second-order valence-electron chi connectivity index (χ2n) is 6.37. The van der Waals surface area contributed by atoms with E-state index in [2.05, 4.69) is 15.6 Å². The van der Waals surface area contributed by atoms with Gasteiger partial charge in [0.1, 0.15) is 0 Å². The molecule has 0 saturated carbocycles. The highest BCUT2D eigenvalue weighted by Crippen LogP contribution is 2.35. The smallest absolute Gasteiger partial charge is 0.383 e. The van der Waals surface area contributed by atoms with Gasteiger partial charge in [-0.2, -0.15) is 13.2 Å². The number of anilines is 1. The Hall–Kier alpha value is -2.00. The number of guanidine groups is 1. The zero-order valence-corrected chi connectivity index (χ0v) is 15.9. The van der Waals surface area contributed by atoms with Crippen molar-refractivity contribution in [3.63, 3.8) is 0 Å². The molecule has 0 aromatic heterocycles. The Kier molecular flexibility index (Phi) is 7.73. The number of rotatable bonds is 6. The molecule has 1 unspecified atom stereocenters. The summed E-state index contributed by atoms with van der Waals surface area (Å²) in [6, 6.07) is 4.44. The number of methoxy groups -OCH3 is 1. The van der Waals surface area contributed by atoms with Gasteiger partial charge >= 0.3 is 6.18 Å². The molecular formula is C18H27F3N4O2. The second kappa shape index (κ2) is 9.80. The van der Waals surface area contributed by atoms with Gasteiger partial charge < -0.3 is 25.0 Å². The molecule has 1 saturated heterocycles. The van der Waals surface area contributed by atoms with Crippen molar-refractivity contribution < 1.29 is 22.6 Å². The van der Waals surface area contributed by atoms with E-state index in [9.17, 15) is 13.2 Å². The summed E-state index contributed by atoms with van der Waals surface area (Å²) in [5, 5.41) is 6.01. The summed E-state index contributed by atoms with van der Waals surface area (Å²) < 4.78 is 51.0. The molecule has 152 valence electrons. The van der Waals surface area contributed by atoms with Gasteiger partial charge in [-0.25, -0.2) is 0 Å². The highest BCUT2D eigenvalue weighted by atomic mass is 19.4. The van der Waals surface area contributed by atoms with Crippen LogP contribution in [0.25, 0.3) is 0 Å². The first kappa shape index (κ1) is 21.3. The Morgan fingerprint density at radius 2 is 2.04 bits per heavy atom. The summed E-state index contributed by atoms with van der Waals surface area (Å²) in [6.45, 7) is 4.58. The highest BCUT2D eigenvalue weighted by molar-refractivity contribution is 5.80. The van der Waals surface area contributed by atoms with Crippen LogP contribution in [0, 0.1) is 0 Å². The van der Waals surface area contributed by atoms with E-state index in [0.717, 1.165) is 0 Å². The van der Waals surface area contributed by atoms with Gasteiger partial charge in [-0.15, -0.1) is 0 Å². The molecule has 0 amide bonds. The molecule has 0 spiro atoms. The molecular weight excluding hydrogens is 361 g/mol. The zero-order valence-electron chi connectivity index (χ0n) is 15.9. The molecule has 0 aliphatic carbocycles. The maximum atomic E-state index is 13.6. The minimum atomic E-state index is -4.43. The molecule has 1 heterocycles. The zero-order chi connectivity index (χ0) is 19.9. The lowest BCUT2D eigenvalue weighted by molar-refractivity contribution is -0.138. The maximum absolute atomic E-state index is 13.6. The first-order valence-corrected chi connectivity index (χ1v) is 8.84. The van der Waals surface area contributed by atoms with Crippen LogP contribution in [-0.4, -0.2) is 59.1 Å². The lowest BCUT2D eigenvalue weighted by atomic mass is 10.0. The van der Waals surface area contributed by atoms with Gasteiger partial charge in [-0.1, -0.05) is 6.07 Å². The topological polar surface area (TPSA) is 58.1 Å². The summed E-state index contributed by atoms with van der Waals surface area (Å²) >= 11 is 0. The van der Waals surface area contributed by atoms with Crippen molar-refractivity contribution in [3.8, 4) is 0 Å². The summed E-state index contributed by atoms with van der Waals surface area (Å²) in [5.41, 5.74) is 0.0897. The molecule has 27 heavy (non-hydrogen) atoms. The Balaban J connectivity index is 2.13. The lowest BCUT2D eigenvalue weighted by Crippen LogP contribution is -2.43. The van der Waals surface area contributed by atoms with Gasteiger partial charge in [0.15, 0.2) is 5.96 Å². The Bertz CT molecular complexity index is 632. The van der Waals surface area contributed by atoms with Crippen molar-refractivity contribution in [3.05, 3.63) is 29.3 Å². The fraction of sp³-hybridized carbons (Fsp3) is 0.611. The monoisotopic (exact) mass is 388 g/mol. The third-order valence-corrected chi connectivity index (χ3v) is 4.24. The first-order chi connectivity index (χ1) is 12.8. The quantitative estimate of drug-likeness (QED) is 0.578. The molecule has 0 radical (unpaired) electrons. The fourth-order valence-electron chi connectivity index (χ4n) is 2.90. The van der Waals surface area contributed by atoms with Crippen LogP contribution in [0.5, 0.6) is 0 Å². The van der Waals surface area contributed by atoms with E-state index in [4.69, 9.17) is 9.47 Å². The van der Waals surface area contributed by atoms with E-state index in [1.807, 2.05) is 11.8 Å². The number of morpholine rings is 1. The average molecular weight is 388 g/mol. The molecule has 1 aliphatic heterocycles. The fourth-order valence-corrected chi connectivity index (χ4v) is 2.90. The van der Waals surface area contributed by atoms with Crippen LogP contribution < -0.4 is 15.5 Å². The van der Waals surface area contributed by atoms with Crippen LogP contribution in [0.15, 0.2) is 23.2 Å². The number of halogens is 3. The van der Waals surface area contributed by atoms with E-state index in [1.54, 1.807) is 20.2 Å². The lowest BCUT2D eigenvalue weighted by Gasteiger charge is -2.30. The average Bonchev–Trinajstić information content (AvgIpc) is 2.65. The van der Waals surface area contributed by atoms with Crippen LogP contribution in [-0.2, 0) is 22.2 Å². The van der Waals surface area contributed by atoms with Crippen LogP contribution >= 0.6 is 0 Å². The molecule has 1 fully saturated rings. The predicted molar refractivity (Wildman–Crippen MR) is 99.1 cm³/mol. The molecule has 2 N–H and O–H groups in total. The molecule has 2 rings (SSSR count). The van der Waals surface area contributed by atoms with Crippen molar-refractivity contribution >= 4 is 11.6 Å². The SMILES string of the molecule is CN=C(NCc1ccc(N2CCOCC2)cc1C(F)(F)F)NC(C)COC. The third kappa shape index (κ3) is 6.28. The van der Waals surface area contributed by atoms with Crippen LogP contribution in [0.2, 0.25) is 0 Å². The summed E-state index contributed by atoms with van der Waals surface area (Å²) in [5.74, 6) is 0.421. The van der Waals surface area contributed by atoms with E-state index >= 15 is 0 Å². The van der Waals surface area contributed by atoms with Crippen molar-refractivity contribution in [1.82, 2.24) is 10.6 Å². The molecule has 1 aliphatic rings. The van der Waals surface area contributed by atoms with Crippen molar-refractivity contribution in [2.75, 3.05) is 52.0 Å². The predicted octanol–water partition coefficient (Wildman–Crippen LogP) is 2.24. The van der Waals surface area contributed by atoms with Crippen LogP contribution in [0.4, 0.5) is 18.9 Å². The number of hydrogen-bond acceptors (Lipinski definition) is 4. The number of nitrogens with one attached hydrogen (secondary N) is 2. The summed E-state index contributed by atoms with van der Waals surface area (Å²) in [6.07, 6.45) is -4.43. The number of aliphatic imine (C=N–C) groups is 1. The maximum Gasteiger partial charge on any atom is 0.416 e. The number of nitrogens with zero attached hydrogens (tertiary/aromatic N) is 2. The normalized spacial score (nSPS) is 17.0. The molecule has 1 aromatic carbocycles. The molecule has 0 bridgehead atoms. The largest absolute Gasteiger partial charge is 0.416 e. The van der Waals surface area contributed by atoms with Crippen molar-refractivity contribution in [2.45, 2.75) is 25.7 Å². The van der Waals surface area contributed by atoms with Crippen LogP contribution in [0.3, 0.4) is 0 Å². The minimum Gasteiger partial charge on any atom is -0.383 e. The Morgan fingerprint density at radius 3 is 2.63 bits per heavy atom. The van der Waals surface area contributed by atoms with E-state index < -0.39 is 11.7 Å². The number of benzene rings is 1. The van der Waals surface area contributed by atoms with Gasteiger partial charge in [0.25, 0.3) is 0 Å². The molecule has 6 nitrogen and oxygen atoms in total. The van der Waals surface area contributed by atoms with Crippen molar-refractivity contribution in [1.29, 1.82) is 0 Å². The standard InChI is InChI=1S/C18H27F3N4O2/c1-13(12-26-3)24-17(22-2)23-11-14-4-5-15(10-16(14)18(19,20)21)25-6-8-27-9-7-25/h4-5,10,13H,6-9,11-12H2,1-3H3,(H2,22,23,24). The van der Waals surface area contributed by atoms with Gasteiger partial charge in [0.2, 0.25) is 0 Å². The summed E-state index contributed by atoms with van der Waals surface area (Å²) in [7, 11) is 3.15. The van der Waals surface area contributed by atoms with Crippen LogP contribution in [0.1, 0.15) is 18.1 Å². The van der Waals surface area contributed by atoms with Gasteiger partial charge in [0.05, 0.1) is 25.4 Å². The third-order valence-electron chi connectivity index (χ3n) is 4.24. The second-order valence-corrected chi connectivity index (χ2v) is 6.37. The van der Waals surface area contributed by atoms with Crippen molar-refractivity contribution in [2.24, 2.45) is 4.99 Å². The minimum absolute atomic E-state index is 0.0115. The van der Waals surface area contributed by atoms with E-state index in [1.165, 1.54) is 12.1 Å². The highest BCUT2D eigenvalue weighted by Gasteiger charge is 2.34. The number of alkyl halides is 3. The van der Waals surface area contributed by atoms with Gasteiger partial charge in [-0.05, 0) is 24.6 Å². The number of hydrogen-bond donors (Lipinski definition) is 2. The number of ether oxygens (including phenoxy) is 2. The Morgan fingerprint density at radius 1 is 1.33 bits per heavy atom. The van der Waals surface area contributed by atoms with Gasteiger partial charge in [-0.3, -0.25) is 4.99 Å². The molecule has 1 atom stereocenters. The molecule has 9 heteroatoms. The molecule has 1 aromatic rings.